The Morgan fingerprint density at radius 1 is 0.806 bits per heavy atom. The fourth-order valence-electron chi connectivity index (χ4n) is 3.01. The zero-order chi connectivity index (χ0) is 22.8. The number of carbonyl (C=O) groups excluding carboxylic acids is 4. The predicted octanol–water partition coefficient (Wildman–Crippen LogP) is 1.56. The summed E-state index contributed by atoms with van der Waals surface area (Å²) >= 11 is 0. The summed E-state index contributed by atoms with van der Waals surface area (Å²) in [6, 6.07) is 14.0. The van der Waals surface area contributed by atoms with Crippen LogP contribution in [-0.4, -0.2) is 42.9 Å². The highest BCUT2D eigenvalue weighted by atomic mass is 16.5. The molecule has 0 bridgehead atoms. The topological polar surface area (TPSA) is 111 Å². The van der Waals surface area contributed by atoms with Crippen LogP contribution < -0.4 is 15.4 Å². The van der Waals surface area contributed by atoms with E-state index in [9.17, 15) is 19.2 Å². The van der Waals surface area contributed by atoms with Gasteiger partial charge in [-0.3, -0.25) is 14.4 Å². The molecule has 2 N–H and O–H groups in total. The van der Waals surface area contributed by atoms with Crippen LogP contribution in [0.4, 0.5) is 0 Å². The van der Waals surface area contributed by atoms with Gasteiger partial charge in [-0.2, -0.15) is 0 Å². The van der Waals surface area contributed by atoms with Crippen LogP contribution in [0.2, 0.25) is 0 Å². The van der Waals surface area contributed by atoms with Crippen LogP contribution in [0.1, 0.15) is 25.0 Å². The molecule has 2 atom stereocenters. The van der Waals surface area contributed by atoms with Gasteiger partial charge in [0.1, 0.15) is 17.8 Å². The molecule has 2 amide bonds. The first-order valence-electron chi connectivity index (χ1n) is 9.75. The number of esters is 2. The number of carbonyl (C=O) groups is 4. The van der Waals surface area contributed by atoms with Crippen molar-refractivity contribution in [3.05, 3.63) is 65.7 Å². The Balaban J connectivity index is 2.13. The summed E-state index contributed by atoms with van der Waals surface area (Å²) in [6.45, 7) is 2.63. The van der Waals surface area contributed by atoms with E-state index in [2.05, 4.69) is 10.6 Å². The lowest BCUT2D eigenvalue weighted by molar-refractivity contribution is -0.145. The number of ether oxygens (including phenoxy) is 2. The molecule has 164 valence electrons. The molecular formula is C23H26N2O6. The van der Waals surface area contributed by atoms with Gasteiger partial charge in [-0.05, 0) is 23.3 Å². The third-order valence-electron chi connectivity index (χ3n) is 4.40. The molecular weight excluding hydrogens is 400 g/mol. The summed E-state index contributed by atoms with van der Waals surface area (Å²) < 4.78 is 9.82. The van der Waals surface area contributed by atoms with Gasteiger partial charge in [0.25, 0.3) is 0 Å². The third kappa shape index (κ3) is 7.93. The van der Waals surface area contributed by atoms with Crippen molar-refractivity contribution in [2.75, 3.05) is 7.11 Å². The highest BCUT2D eigenvalue weighted by molar-refractivity contribution is 5.90. The maximum Gasteiger partial charge on any atom is 0.328 e. The van der Waals surface area contributed by atoms with Gasteiger partial charge in [0, 0.05) is 26.7 Å². The maximum atomic E-state index is 12.9. The Labute approximate surface area is 180 Å². The van der Waals surface area contributed by atoms with Gasteiger partial charge < -0.3 is 20.1 Å². The van der Waals surface area contributed by atoms with E-state index < -0.39 is 29.9 Å². The van der Waals surface area contributed by atoms with Crippen molar-refractivity contribution in [3.8, 4) is 5.75 Å². The summed E-state index contributed by atoms with van der Waals surface area (Å²) in [5.41, 5.74) is 1.60. The maximum absolute atomic E-state index is 12.9. The van der Waals surface area contributed by atoms with Crippen molar-refractivity contribution in [2.45, 2.75) is 38.8 Å². The molecule has 2 rings (SSSR count). The first kappa shape index (κ1) is 23.6. The fraction of sp³-hybridized carbons (Fsp3) is 0.304. The second-order valence-corrected chi connectivity index (χ2v) is 6.97. The summed E-state index contributed by atoms with van der Waals surface area (Å²) in [6.07, 6.45) is 0.439. The number of hydrogen-bond acceptors (Lipinski definition) is 6. The van der Waals surface area contributed by atoms with Crippen LogP contribution in [0, 0.1) is 0 Å². The fourth-order valence-corrected chi connectivity index (χ4v) is 3.01. The van der Waals surface area contributed by atoms with Crippen molar-refractivity contribution >= 4 is 23.8 Å². The first-order valence-corrected chi connectivity index (χ1v) is 9.75. The van der Waals surface area contributed by atoms with E-state index in [4.69, 9.17) is 9.47 Å². The lowest BCUT2D eigenvalue weighted by atomic mass is 10.0. The minimum absolute atomic E-state index is 0.164. The third-order valence-corrected chi connectivity index (χ3v) is 4.40. The lowest BCUT2D eigenvalue weighted by Crippen LogP contribution is -2.53. The normalized spacial score (nSPS) is 12.2. The monoisotopic (exact) mass is 426 g/mol. The highest BCUT2D eigenvalue weighted by Gasteiger charge is 2.27. The minimum Gasteiger partial charge on any atom is -0.467 e. The average molecular weight is 426 g/mol. The molecule has 0 aliphatic rings. The summed E-state index contributed by atoms with van der Waals surface area (Å²) in [5.74, 6) is -1.52. The largest absolute Gasteiger partial charge is 0.467 e. The molecule has 0 radical (unpaired) electrons. The molecule has 0 aromatic heterocycles. The molecule has 2 aromatic carbocycles. The molecule has 0 fully saturated rings. The van der Waals surface area contributed by atoms with E-state index in [-0.39, 0.29) is 18.7 Å². The Morgan fingerprint density at radius 2 is 1.39 bits per heavy atom. The molecule has 8 heteroatoms. The number of nitrogens with one attached hydrogen (secondary N) is 2. The smallest absolute Gasteiger partial charge is 0.328 e. The predicted molar refractivity (Wildman–Crippen MR) is 113 cm³/mol. The van der Waals surface area contributed by atoms with Crippen molar-refractivity contribution in [2.24, 2.45) is 0 Å². The zero-order valence-electron chi connectivity index (χ0n) is 17.7. The molecule has 0 saturated heterocycles. The summed E-state index contributed by atoms with van der Waals surface area (Å²) in [4.78, 5) is 47.8. The molecule has 0 unspecified atom stereocenters. The molecule has 0 spiro atoms. The molecule has 8 nitrogen and oxygen atoms in total. The van der Waals surface area contributed by atoms with Crippen molar-refractivity contribution < 1.29 is 28.7 Å². The number of amides is 2. The van der Waals surface area contributed by atoms with Crippen molar-refractivity contribution in [3.63, 3.8) is 0 Å². The van der Waals surface area contributed by atoms with E-state index in [1.54, 1.807) is 24.3 Å². The molecule has 2 aromatic rings. The Kier molecular flexibility index (Phi) is 8.75. The van der Waals surface area contributed by atoms with Crippen molar-refractivity contribution in [1.29, 1.82) is 0 Å². The molecule has 0 saturated carbocycles. The Hall–Kier alpha value is -3.68. The molecule has 0 aliphatic carbocycles. The van der Waals surface area contributed by atoms with E-state index in [1.807, 2.05) is 30.3 Å². The molecule has 31 heavy (non-hydrogen) atoms. The lowest BCUT2D eigenvalue weighted by Gasteiger charge is -2.22. The van der Waals surface area contributed by atoms with E-state index in [0.717, 1.165) is 11.1 Å². The van der Waals surface area contributed by atoms with Crippen LogP contribution in [-0.2, 0) is 36.8 Å². The van der Waals surface area contributed by atoms with Crippen LogP contribution >= 0.6 is 0 Å². The quantitative estimate of drug-likeness (QED) is 0.465. The Bertz CT molecular complexity index is 911. The standard InChI is InChI=1S/C23H26N2O6/c1-15(26)24-20(13-17-7-5-4-6-8-17)22(28)25-21(23(29)30-3)14-18-9-11-19(12-10-18)31-16(2)27/h4-12,20-21H,13-14H2,1-3H3,(H,24,26)(H,25,28)/t20-,21-/m0/s1. The molecule has 0 heterocycles. The van der Waals surface area contributed by atoms with Crippen LogP contribution in [0.25, 0.3) is 0 Å². The van der Waals surface area contributed by atoms with Gasteiger partial charge in [0.2, 0.25) is 11.8 Å². The Morgan fingerprint density at radius 3 is 1.94 bits per heavy atom. The van der Waals surface area contributed by atoms with Crippen LogP contribution in [0.15, 0.2) is 54.6 Å². The van der Waals surface area contributed by atoms with Crippen LogP contribution in [0.3, 0.4) is 0 Å². The molecule has 0 aliphatic heterocycles. The number of benzene rings is 2. The van der Waals surface area contributed by atoms with Gasteiger partial charge >= 0.3 is 11.9 Å². The van der Waals surface area contributed by atoms with Crippen molar-refractivity contribution in [1.82, 2.24) is 10.6 Å². The number of hydrogen-bond donors (Lipinski definition) is 2. The van der Waals surface area contributed by atoms with Crippen LogP contribution in [0.5, 0.6) is 5.75 Å². The summed E-state index contributed by atoms with van der Waals surface area (Å²) in [5, 5.41) is 5.30. The van der Waals surface area contributed by atoms with Gasteiger partial charge in [0.15, 0.2) is 0 Å². The van der Waals surface area contributed by atoms with Gasteiger partial charge in [-0.15, -0.1) is 0 Å². The second kappa shape index (κ2) is 11.5. The van der Waals surface area contributed by atoms with E-state index in [0.29, 0.717) is 5.75 Å². The minimum atomic E-state index is -0.955. The SMILES string of the molecule is COC(=O)[C@H](Cc1ccc(OC(C)=O)cc1)NC(=O)[C@H](Cc1ccccc1)NC(C)=O. The zero-order valence-corrected chi connectivity index (χ0v) is 17.7. The van der Waals surface area contributed by atoms with E-state index in [1.165, 1.54) is 21.0 Å². The summed E-state index contributed by atoms with van der Waals surface area (Å²) in [7, 11) is 1.24. The second-order valence-electron chi connectivity index (χ2n) is 6.97. The highest BCUT2D eigenvalue weighted by Crippen LogP contribution is 2.14. The van der Waals surface area contributed by atoms with E-state index >= 15 is 0 Å². The van der Waals surface area contributed by atoms with Gasteiger partial charge in [-0.25, -0.2) is 4.79 Å². The number of methoxy groups -OCH3 is 1. The first-order chi connectivity index (χ1) is 14.8. The van der Waals surface area contributed by atoms with Gasteiger partial charge in [0.05, 0.1) is 7.11 Å². The average Bonchev–Trinajstić information content (AvgIpc) is 2.73. The number of rotatable bonds is 9. The van der Waals surface area contributed by atoms with Gasteiger partial charge in [-0.1, -0.05) is 42.5 Å².